The van der Waals surface area contributed by atoms with E-state index in [4.69, 9.17) is 14.9 Å². The van der Waals surface area contributed by atoms with Crippen molar-refractivity contribution in [2.24, 2.45) is 0 Å². The van der Waals surface area contributed by atoms with E-state index in [1.807, 2.05) is 13.8 Å². The van der Waals surface area contributed by atoms with Gasteiger partial charge in [-0.2, -0.15) is 13.2 Å². The zero-order chi connectivity index (χ0) is 31.0. The van der Waals surface area contributed by atoms with Gasteiger partial charge in [0.2, 0.25) is 0 Å². The van der Waals surface area contributed by atoms with Crippen molar-refractivity contribution in [2.75, 3.05) is 38.7 Å². The van der Waals surface area contributed by atoms with Crippen LogP contribution in [-0.2, 0) is 15.7 Å². The fourth-order valence-corrected chi connectivity index (χ4v) is 4.38. The number of hydrogen-bond acceptors (Lipinski definition) is 6. The van der Waals surface area contributed by atoms with Crippen LogP contribution in [0.3, 0.4) is 0 Å². The van der Waals surface area contributed by atoms with Gasteiger partial charge < -0.3 is 19.7 Å². The second kappa shape index (κ2) is 13.9. The van der Waals surface area contributed by atoms with E-state index in [-0.39, 0.29) is 39.6 Å². The Hall–Kier alpha value is -4.51. The number of methoxy groups -OCH3 is 1. The van der Waals surface area contributed by atoms with Crippen molar-refractivity contribution in [3.8, 4) is 0 Å². The van der Waals surface area contributed by atoms with Crippen molar-refractivity contribution < 1.29 is 37.0 Å². The maximum Gasteiger partial charge on any atom is 0.417 e. The minimum atomic E-state index is -4.77. The molecule has 1 aliphatic heterocycles. The summed E-state index contributed by atoms with van der Waals surface area (Å²) < 4.78 is 51.2. The molecule has 0 radical (unpaired) electrons. The summed E-state index contributed by atoms with van der Waals surface area (Å²) in [5.41, 5.74) is -0.653. The number of hydrogen-bond donors (Lipinski definition) is 2. The Balaban J connectivity index is 0.00000237. The van der Waals surface area contributed by atoms with Crippen molar-refractivity contribution in [1.82, 2.24) is 4.90 Å². The van der Waals surface area contributed by atoms with Crippen LogP contribution in [0, 0.1) is 12.3 Å². The summed E-state index contributed by atoms with van der Waals surface area (Å²) in [6, 6.07) is 13.7. The number of alkyl halides is 3. The molecule has 1 aliphatic rings. The number of amides is 2. The third kappa shape index (κ3) is 7.22. The molecule has 222 valence electrons. The predicted octanol–water partition coefficient (Wildman–Crippen LogP) is 5.97. The van der Waals surface area contributed by atoms with Crippen LogP contribution in [0.25, 0.3) is 0 Å². The lowest BCUT2D eigenvalue weighted by molar-refractivity contribution is -0.137. The quantitative estimate of drug-likeness (QED) is 0.275. The summed E-state index contributed by atoms with van der Waals surface area (Å²) in [6.07, 6.45) is -4.77. The number of nitrogens with one attached hydrogen (secondary N) is 2. The highest BCUT2D eigenvalue weighted by molar-refractivity contribution is 6.17. The molecular formula is C31H32F3N3O5. The van der Waals surface area contributed by atoms with Crippen molar-refractivity contribution in [3.05, 3.63) is 99.6 Å². The number of nitrogens with zero attached hydrogens (tertiary/aromatic N) is 1. The van der Waals surface area contributed by atoms with Crippen molar-refractivity contribution >= 4 is 29.2 Å². The first-order chi connectivity index (χ1) is 20.0. The Morgan fingerprint density at radius 3 is 2.12 bits per heavy atom. The number of carbonyl (C=O) groups is 3. The van der Waals surface area contributed by atoms with Gasteiger partial charge in [0.1, 0.15) is 0 Å². The largest absolute Gasteiger partial charge is 0.465 e. The predicted molar refractivity (Wildman–Crippen MR) is 152 cm³/mol. The summed E-state index contributed by atoms with van der Waals surface area (Å²) >= 11 is 0. The van der Waals surface area contributed by atoms with Gasteiger partial charge >= 0.3 is 12.1 Å². The van der Waals surface area contributed by atoms with Crippen LogP contribution in [-0.4, -0.2) is 61.8 Å². The number of esters is 1. The second-order valence-corrected chi connectivity index (χ2v) is 9.06. The molecule has 0 bridgehead atoms. The van der Waals surface area contributed by atoms with Gasteiger partial charge in [-0.25, -0.2) is 4.79 Å². The Labute approximate surface area is 241 Å². The van der Waals surface area contributed by atoms with Crippen molar-refractivity contribution in [1.29, 1.82) is 5.41 Å². The molecule has 0 unspecified atom stereocenters. The number of morpholine rings is 1. The lowest BCUT2D eigenvalue weighted by Crippen LogP contribution is -2.40. The minimum Gasteiger partial charge on any atom is -0.465 e. The summed E-state index contributed by atoms with van der Waals surface area (Å²) in [4.78, 5) is 39.8. The van der Waals surface area contributed by atoms with E-state index in [1.54, 1.807) is 4.90 Å². The third-order valence-corrected chi connectivity index (χ3v) is 6.48. The Kier molecular flexibility index (Phi) is 10.6. The highest BCUT2D eigenvalue weighted by Crippen LogP contribution is 2.34. The topological polar surface area (TPSA) is 109 Å². The van der Waals surface area contributed by atoms with E-state index in [9.17, 15) is 27.6 Å². The molecule has 0 saturated carbocycles. The smallest absolute Gasteiger partial charge is 0.417 e. The van der Waals surface area contributed by atoms with E-state index in [0.29, 0.717) is 31.9 Å². The first kappa shape index (κ1) is 32.0. The van der Waals surface area contributed by atoms with Crippen LogP contribution in [0.15, 0.2) is 60.7 Å². The second-order valence-electron chi connectivity index (χ2n) is 9.06. The van der Waals surface area contributed by atoms with E-state index >= 15 is 0 Å². The molecule has 1 fully saturated rings. The van der Waals surface area contributed by atoms with Crippen molar-refractivity contribution in [2.45, 2.75) is 26.9 Å². The lowest BCUT2D eigenvalue weighted by Gasteiger charge is -2.27. The van der Waals surface area contributed by atoms with Gasteiger partial charge in [0.15, 0.2) is 0 Å². The molecule has 3 aromatic carbocycles. The van der Waals surface area contributed by atoms with Crippen LogP contribution >= 0.6 is 0 Å². The van der Waals surface area contributed by atoms with Crippen LogP contribution in [0.1, 0.15) is 67.2 Å². The van der Waals surface area contributed by atoms with Gasteiger partial charge in [-0.1, -0.05) is 38.1 Å². The molecular weight excluding hydrogens is 551 g/mol. The summed E-state index contributed by atoms with van der Waals surface area (Å²) in [5, 5.41) is 11.3. The van der Waals surface area contributed by atoms with Crippen LogP contribution in [0.5, 0.6) is 0 Å². The lowest BCUT2D eigenvalue weighted by atomic mass is 9.96. The maximum absolute atomic E-state index is 13.7. The molecule has 42 heavy (non-hydrogen) atoms. The molecule has 8 nitrogen and oxygen atoms in total. The van der Waals surface area contributed by atoms with Crippen molar-refractivity contribution in [3.63, 3.8) is 0 Å². The van der Waals surface area contributed by atoms with E-state index in [1.165, 1.54) is 68.6 Å². The number of ether oxygens (including phenoxy) is 2. The molecule has 1 heterocycles. The third-order valence-electron chi connectivity index (χ3n) is 6.48. The summed E-state index contributed by atoms with van der Waals surface area (Å²) in [5.74, 6) is -1.93. The number of anilines is 1. The van der Waals surface area contributed by atoms with E-state index < -0.39 is 29.2 Å². The molecule has 11 heteroatoms. The average Bonchev–Trinajstić information content (AvgIpc) is 3.00. The van der Waals surface area contributed by atoms with E-state index in [0.717, 1.165) is 6.07 Å². The highest BCUT2D eigenvalue weighted by Gasteiger charge is 2.36. The Bertz CT molecular complexity index is 1460. The van der Waals surface area contributed by atoms with Gasteiger partial charge in [0.05, 0.1) is 48.4 Å². The molecule has 0 aliphatic carbocycles. The summed E-state index contributed by atoms with van der Waals surface area (Å²) in [7, 11) is 1.24. The molecule has 1 saturated heterocycles. The SMILES string of the molecule is CC.COC(=O)c1ccc(C(=N)c2ccc(C(=O)N3CCOCC3)cc2NC(=O)c2c(C)cccc2C(F)(F)F)cc1. The van der Waals surface area contributed by atoms with Gasteiger partial charge in [0.25, 0.3) is 11.8 Å². The molecule has 2 N–H and O–H groups in total. The van der Waals surface area contributed by atoms with Crippen LogP contribution in [0.2, 0.25) is 0 Å². The van der Waals surface area contributed by atoms with Crippen LogP contribution in [0.4, 0.5) is 18.9 Å². The molecule has 0 spiro atoms. The zero-order valence-corrected chi connectivity index (χ0v) is 23.7. The number of rotatable bonds is 6. The number of halogens is 3. The van der Waals surface area contributed by atoms with Gasteiger partial charge in [-0.05, 0) is 48.9 Å². The molecule has 0 atom stereocenters. The number of aryl methyl sites for hydroxylation is 1. The Morgan fingerprint density at radius 1 is 0.929 bits per heavy atom. The van der Waals surface area contributed by atoms with Gasteiger partial charge in [-0.15, -0.1) is 0 Å². The van der Waals surface area contributed by atoms with Crippen LogP contribution < -0.4 is 5.32 Å². The highest BCUT2D eigenvalue weighted by atomic mass is 19.4. The number of carbonyl (C=O) groups excluding carboxylic acids is 3. The molecule has 4 rings (SSSR count). The average molecular weight is 584 g/mol. The first-order valence-electron chi connectivity index (χ1n) is 13.3. The fourth-order valence-electron chi connectivity index (χ4n) is 4.38. The van der Waals surface area contributed by atoms with Gasteiger partial charge in [0, 0.05) is 29.8 Å². The standard InChI is InChI=1S/C29H26F3N3O5.C2H6/c1-17-4-3-5-22(29(30,31)32)24(17)26(36)34-23-16-20(27(37)35-12-14-40-15-13-35)10-11-21(23)25(33)18-6-8-19(9-7-18)28(38)39-2;1-2/h3-11,16,33H,12-15H2,1-2H3,(H,34,36);1-2H3. The molecule has 0 aromatic heterocycles. The fraction of sp³-hybridized carbons (Fsp3) is 0.290. The molecule has 2 amide bonds. The molecule has 3 aromatic rings. The Morgan fingerprint density at radius 2 is 1.52 bits per heavy atom. The minimum absolute atomic E-state index is 0.0115. The normalized spacial score (nSPS) is 13.0. The zero-order valence-electron chi connectivity index (χ0n) is 23.7. The van der Waals surface area contributed by atoms with Gasteiger partial charge in [-0.3, -0.25) is 15.0 Å². The maximum atomic E-state index is 13.7. The number of benzene rings is 3. The van der Waals surface area contributed by atoms with E-state index in [2.05, 4.69) is 5.32 Å². The first-order valence-corrected chi connectivity index (χ1v) is 13.3. The summed E-state index contributed by atoms with van der Waals surface area (Å²) in [6.45, 7) is 6.86. The monoisotopic (exact) mass is 583 g/mol.